The Kier molecular flexibility index (Phi) is 21.8. The van der Waals surface area contributed by atoms with Crippen molar-refractivity contribution in [2.75, 3.05) is 19.7 Å². The monoisotopic (exact) mass is 701 g/mol. The fourth-order valence-corrected chi connectivity index (χ4v) is 6.09. The maximum Gasteiger partial charge on any atom is 0.250 e. The molecule has 0 radical (unpaired) electrons. The van der Waals surface area contributed by atoms with Crippen molar-refractivity contribution in [3.63, 3.8) is 0 Å². The molecule has 2 amide bonds. The van der Waals surface area contributed by atoms with E-state index in [1.54, 1.807) is 0 Å². The van der Waals surface area contributed by atoms with Gasteiger partial charge in [-0.3, -0.25) is 9.59 Å². The summed E-state index contributed by atoms with van der Waals surface area (Å²) in [6.45, 7) is 7.18. The number of unbranched alkanes of at least 4 members (excludes halogenated alkanes) is 13. The fraction of sp³-hybridized carbons (Fsp3) is 0.659. The highest BCUT2D eigenvalue weighted by Crippen LogP contribution is 2.17. The Balaban J connectivity index is 1.74. The van der Waals surface area contributed by atoms with Gasteiger partial charge in [0.1, 0.15) is 11.6 Å². The molecule has 0 aliphatic rings. The predicted octanol–water partition coefficient (Wildman–Crippen LogP) is 7.92. The maximum atomic E-state index is 14.0. The zero-order valence-corrected chi connectivity index (χ0v) is 31.1. The number of carbonyl (C=O) groups is 2. The Labute approximate surface area is 301 Å². The summed E-state index contributed by atoms with van der Waals surface area (Å²) in [7, 11) is 0. The van der Waals surface area contributed by atoms with Gasteiger partial charge in [-0.1, -0.05) is 135 Å². The Bertz CT molecular complexity index is 1210. The van der Waals surface area contributed by atoms with Crippen LogP contribution in [0.5, 0.6) is 0 Å². The molecule has 9 heteroatoms. The lowest BCUT2D eigenvalue weighted by Gasteiger charge is -2.29. The molecule has 50 heavy (non-hydrogen) atoms. The van der Waals surface area contributed by atoms with Crippen LogP contribution in [-0.2, 0) is 27.2 Å². The molecule has 6 N–H and O–H groups in total. The SMILES string of the molecule is CCCCCCCCCCCCCCCCOC(C(=O)NCC(C)(C)CNC(=O)CC(N)Cc1cc(F)ccc1F)C(N)Cc1ccccc1. The van der Waals surface area contributed by atoms with Crippen LogP contribution in [0.25, 0.3) is 0 Å². The molecular weight excluding hydrogens is 634 g/mol. The van der Waals surface area contributed by atoms with E-state index in [0.717, 1.165) is 36.6 Å². The summed E-state index contributed by atoms with van der Waals surface area (Å²) in [5, 5.41) is 5.87. The third-order valence-corrected chi connectivity index (χ3v) is 9.20. The number of nitrogens with one attached hydrogen (secondary N) is 2. The van der Waals surface area contributed by atoms with Crippen LogP contribution >= 0.6 is 0 Å². The van der Waals surface area contributed by atoms with E-state index in [4.69, 9.17) is 16.2 Å². The molecule has 0 fully saturated rings. The van der Waals surface area contributed by atoms with Crippen LogP contribution in [0.1, 0.15) is 128 Å². The van der Waals surface area contributed by atoms with E-state index in [0.29, 0.717) is 19.6 Å². The second kappa shape index (κ2) is 25.1. The number of nitrogens with two attached hydrogens (primary N) is 2. The number of halogens is 2. The highest BCUT2D eigenvalue weighted by Gasteiger charge is 2.29. The van der Waals surface area contributed by atoms with Gasteiger partial charge in [0.25, 0.3) is 5.91 Å². The highest BCUT2D eigenvalue weighted by molar-refractivity contribution is 5.81. The topological polar surface area (TPSA) is 119 Å². The van der Waals surface area contributed by atoms with Gasteiger partial charge >= 0.3 is 0 Å². The molecule has 3 atom stereocenters. The van der Waals surface area contributed by atoms with E-state index in [2.05, 4.69) is 17.6 Å². The van der Waals surface area contributed by atoms with Crippen LogP contribution in [0.2, 0.25) is 0 Å². The quantitative estimate of drug-likeness (QED) is 0.0673. The summed E-state index contributed by atoms with van der Waals surface area (Å²) < 4.78 is 33.6. The van der Waals surface area contributed by atoms with E-state index in [9.17, 15) is 18.4 Å². The Morgan fingerprint density at radius 2 is 1.32 bits per heavy atom. The fourth-order valence-electron chi connectivity index (χ4n) is 6.09. The van der Waals surface area contributed by atoms with Crippen molar-refractivity contribution in [1.82, 2.24) is 10.6 Å². The number of carbonyl (C=O) groups excluding carboxylic acids is 2. The molecule has 0 saturated heterocycles. The van der Waals surface area contributed by atoms with Crippen molar-refractivity contribution in [2.24, 2.45) is 16.9 Å². The van der Waals surface area contributed by atoms with Crippen LogP contribution in [0.4, 0.5) is 8.78 Å². The van der Waals surface area contributed by atoms with Crippen molar-refractivity contribution in [3.05, 3.63) is 71.3 Å². The van der Waals surface area contributed by atoms with Gasteiger partial charge in [-0.15, -0.1) is 0 Å². The van der Waals surface area contributed by atoms with Crippen molar-refractivity contribution < 1.29 is 23.1 Å². The molecule has 0 aliphatic carbocycles. The van der Waals surface area contributed by atoms with E-state index in [1.165, 1.54) is 77.0 Å². The predicted molar refractivity (Wildman–Crippen MR) is 201 cm³/mol. The third-order valence-electron chi connectivity index (χ3n) is 9.20. The minimum absolute atomic E-state index is 0.0398. The molecule has 0 bridgehead atoms. The number of hydrogen-bond acceptors (Lipinski definition) is 5. The molecule has 0 heterocycles. The Morgan fingerprint density at radius 1 is 0.760 bits per heavy atom. The van der Waals surface area contributed by atoms with Gasteiger partial charge in [0.05, 0.1) is 0 Å². The smallest absolute Gasteiger partial charge is 0.250 e. The standard InChI is InChI=1S/C41H66F2N4O3/c1-4-5-6-7-8-9-10-11-12-13-14-15-16-20-25-50-39(37(45)26-32-21-18-17-19-22-32)40(49)47-31-41(2,3)30-46-38(48)29-35(44)28-33-27-34(42)23-24-36(33)43/h17-19,21-24,27,35,37,39H,4-16,20,25-26,28-31,44-45H2,1-3H3,(H,46,48)(H,47,49). The largest absolute Gasteiger partial charge is 0.367 e. The summed E-state index contributed by atoms with van der Waals surface area (Å²) in [5.41, 5.74) is 13.3. The molecule has 0 saturated carbocycles. The lowest BCUT2D eigenvalue weighted by Crippen LogP contribution is -2.52. The first-order valence-electron chi connectivity index (χ1n) is 19.2. The molecule has 2 rings (SSSR count). The Hall–Kier alpha value is -2.88. The van der Waals surface area contributed by atoms with E-state index in [1.807, 2.05) is 44.2 Å². The van der Waals surface area contributed by atoms with Gasteiger partial charge in [-0.2, -0.15) is 0 Å². The van der Waals surface area contributed by atoms with E-state index >= 15 is 0 Å². The van der Waals surface area contributed by atoms with Crippen molar-refractivity contribution >= 4 is 11.8 Å². The van der Waals surface area contributed by atoms with Gasteiger partial charge in [0, 0.05) is 38.2 Å². The minimum Gasteiger partial charge on any atom is -0.367 e. The van der Waals surface area contributed by atoms with Crippen LogP contribution in [0.15, 0.2) is 48.5 Å². The van der Waals surface area contributed by atoms with Crippen LogP contribution < -0.4 is 22.1 Å². The van der Waals surface area contributed by atoms with Crippen LogP contribution in [-0.4, -0.2) is 49.7 Å². The molecule has 0 aliphatic heterocycles. The zero-order chi connectivity index (χ0) is 36.6. The first-order valence-corrected chi connectivity index (χ1v) is 19.2. The van der Waals surface area contributed by atoms with Gasteiger partial charge in [-0.25, -0.2) is 8.78 Å². The summed E-state index contributed by atoms with van der Waals surface area (Å²) in [6, 6.07) is 11.9. The van der Waals surface area contributed by atoms with Crippen LogP contribution in [0.3, 0.4) is 0 Å². The highest BCUT2D eigenvalue weighted by atomic mass is 19.1. The van der Waals surface area contributed by atoms with Gasteiger partial charge < -0.3 is 26.8 Å². The Morgan fingerprint density at radius 3 is 1.92 bits per heavy atom. The minimum atomic E-state index is -0.802. The van der Waals surface area contributed by atoms with Crippen molar-refractivity contribution in [3.8, 4) is 0 Å². The zero-order valence-electron chi connectivity index (χ0n) is 31.1. The number of hydrogen-bond donors (Lipinski definition) is 4. The molecule has 0 spiro atoms. The van der Waals surface area contributed by atoms with E-state index in [-0.39, 0.29) is 36.8 Å². The summed E-state index contributed by atoms with van der Waals surface area (Å²) in [6.07, 6.45) is 17.5. The van der Waals surface area contributed by atoms with Gasteiger partial charge in [0.2, 0.25) is 5.91 Å². The average molecular weight is 701 g/mol. The molecule has 3 unspecified atom stereocenters. The molecule has 2 aromatic rings. The normalized spacial score (nSPS) is 13.5. The van der Waals surface area contributed by atoms with Crippen molar-refractivity contribution in [2.45, 2.75) is 148 Å². The first-order chi connectivity index (χ1) is 24.0. The lowest BCUT2D eigenvalue weighted by atomic mass is 9.92. The second-order valence-electron chi connectivity index (χ2n) is 14.8. The average Bonchev–Trinajstić information content (AvgIpc) is 3.08. The lowest BCUT2D eigenvalue weighted by molar-refractivity contribution is -0.134. The number of ether oxygens (including phenoxy) is 1. The summed E-state index contributed by atoms with van der Waals surface area (Å²) >= 11 is 0. The molecule has 2 aromatic carbocycles. The van der Waals surface area contributed by atoms with Gasteiger partial charge in [0.15, 0.2) is 6.10 Å². The number of rotatable bonds is 28. The number of amides is 2. The third kappa shape index (κ3) is 19.5. The second-order valence-corrected chi connectivity index (χ2v) is 14.8. The molecule has 7 nitrogen and oxygen atoms in total. The number of benzene rings is 2. The van der Waals surface area contributed by atoms with E-state index < -0.39 is 35.2 Å². The molecular formula is C41H66F2N4O3. The maximum absolute atomic E-state index is 14.0. The van der Waals surface area contributed by atoms with Gasteiger partial charge in [-0.05, 0) is 54.0 Å². The summed E-state index contributed by atoms with van der Waals surface area (Å²) in [5.74, 6) is -1.67. The summed E-state index contributed by atoms with van der Waals surface area (Å²) in [4.78, 5) is 26.0. The van der Waals surface area contributed by atoms with Crippen LogP contribution in [0, 0.1) is 17.0 Å². The molecule has 282 valence electrons. The molecule has 0 aromatic heterocycles. The first kappa shape index (κ1) is 43.3. The van der Waals surface area contributed by atoms with Crippen molar-refractivity contribution in [1.29, 1.82) is 0 Å².